The molecule has 0 saturated heterocycles. The summed E-state index contributed by atoms with van der Waals surface area (Å²) in [4.78, 5) is 16.2. The van der Waals surface area contributed by atoms with Crippen LogP contribution in [-0.2, 0) is 11.2 Å². The van der Waals surface area contributed by atoms with Crippen molar-refractivity contribution < 1.29 is 18.3 Å². The van der Waals surface area contributed by atoms with E-state index in [1.54, 1.807) is 30.5 Å². The second kappa shape index (κ2) is 7.40. The summed E-state index contributed by atoms with van der Waals surface area (Å²) in [6.45, 7) is 0.428. The second-order valence-electron chi connectivity index (χ2n) is 6.45. The summed E-state index contributed by atoms with van der Waals surface area (Å²) >= 11 is 6.27. The lowest BCUT2D eigenvalue weighted by atomic mass is 9.93. The maximum absolute atomic E-state index is 13.4. The van der Waals surface area contributed by atoms with Crippen LogP contribution < -0.4 is 10.1 Å². The summed E-state index contributed by atoms with van der Waals surface area (Å²) in [5.74, 6) is 0.782. The number of carbonyl (C=O) groups is 1. The van der Waals surface area contributed by atoms with E-state index in [1.807, 2.05) is 0 Å². The number of benzene rings is 2. The molecular formula is C20H16ClFN2O3. The number of carbonyl (C=O) groups excluding carboxylic acids is 1. The predicted octanol–water partition coefficient (Wildman–Crippen LogP) is 4.71. The zero-order chi connectivity index (χ0) is 18.8. The Bertz CT molecular complexity index is 975. The van der Waals surface area contributed by atoms with E-state index in [9.17, 15) is 9.18 Å². The third-order valence-electron chi connectivity index (χ3n) is 4.43. The summed E-state index contributed by atoms with van der Waals surface area (Å²) < 4.78 is 24.3. The molecule has 2 heterocycles. The van der Waals surface area contributed by atoms with E-state index in [-0.39, 0.29) is 24.1 Å². The van der Waals surface area contributed by atoms with E-state index in [0.717, 1.165) is 5.56 Å². The van der Waals surface area contributed by atoms with E-state index in [4.69, 9.17) is 20.8 Å². The Labute approximate surface area is 160 Å². The van der Waals surface area contributed by atoms with Gasteiger partial charge >= 0.3 is 0 Å². The molecule has 1 atom stereocenters. The number of hydrogen-bond donors (Lipinski definition) is 1. The van der Waals surface area contributed by atoms with Crippen LogP contribution in [0.1, 0.15) is 12.0 Å². The van der Waals surface area contributed by atoms with Gasteiger partial charge in [0.1, 0.15) is 11.6 Å². The lowest BCUT2D eigenvalue weighted by Crippen LogP contribution is -2.26. The number of anilines is 1. The fourth-order valence-corrected chi connectivity index (χ4v) is 3.45. The van der Waals surface area contributed by atoms with E-state index >= 15 is 0 Å². The molecule has 0 saturated carbocycles. The average molecular weight is 387 g/mol. The molecule has 1 unspecified atom stereocenters. The van der Waals surface area contributed by atoms with Crippen LogP contribution in [0.3, 0.4) is 0 Å². The maximum atomic E-state index is 13.4. The van der Waals surface area contributed by atoms with E-state index in [1.165, 1.54) is 18.5 Å². The highest BCUT2D eigenvalue weighted by Crippen LogP contribution is 2.31. The highest BCUT2D eigenvalue weighted by atomic mass is 35.5. The Balaban J connectivity index is 1.39. The molecule has 0 fully saturated rings. The first-order chi connectivity index (χ1) is 13.1. The molecule has 1 N–H and O–H groups in total. The van der Waals surface area contributed by atoms with Crippen LogP contribution in [0.15, 0.2) is 53.4 Å². The van der Waals surface area contributed by atoms with Crippen LogP contribution in [0.4, 0.5) is 10.1 Å². The first-order valence-electron chi connectivity index (χ1n) is 8.48. The van der Waals surface area contributed by atoms with Gasteiger partial charge in [-0.1, -0.05) is 11.6 Å². The van der Waals surface area contributed by atoms with Crippen LogP contribution in [0.2, 0.25) is 5.02 Å². The van der Waals surface area contributed by atoms with E-state index in [0.29, 0.717) is 40.8 Å². The fraction of sp³-hybridized carbons (Fsp3) is 0.200. The smallest absolute Gasteiger partial charge is 0.224 e. The highest BCUT2D eigenvalue weighted by Gasteiger charge is 2.23. The zero-order valence-electron chi connectivity index (χ0n) is 14.2. The lowest BCUT2D eigenvalue weighted by molar-refractivity contribution is -0.117. The first kappa shape index (κ1) is 17.5. The number of ether oxygens (including phenoxy) is 1. The third kappa shape index (κ3) is 3.95. The van der Waals surface area contributed by atoms with Gasteiger partial charge in [0.15, 0.2) is 12.2 Å². The number of nitrogens with zero attached hydrogens (tertiary/aromatic N) is 1. The molecule has 0 bridgehead atoms. The molecule has 0 aliphatic carbocycles. The standard InChI is InChI=1S/C20H16ClFN2O3/c21-17-8-15(2-3-16(17)19-9-23-11-27-19)24-20(25)6-12-5-13-7-14(22)1-4-18(13)26-10-12/h1-4,7-9,11-12H,5-6,10H2,(H,24,25). The van der Waals surface area contributed by atoms with Gasteiger partial charge in [-0.3, -0.25) is 4.79 Å². The SMILES string of the molecule is O=C(CC1COc2ccc(F)cc2C1)Nc1ccc(-c2cnco2)c(Cl)c1. The van der Waals surface area contributed by atoms with Gasteiger partial charge in [-0.25, -0.2) is 9.37 Å². The normalized spacial score (nSPS) is 15.7. The Morgan fingerprint density at radius 1 is 1.30 bits per heavy atom. The number of aromatic nitrogens is 1. The average Bonchev–Trinajstić information content (AvgIpc) is 3.15. The van der Waals surface area contributed by atoms with E-state index < -0.39 is 0 Å². The minimum Gasteiger partial charge on any atom is -0.493 e. The molecule has 1 amide bonds. The number of hydrogen-bond acceptors (Lipinski definition) is 4. The molecule has 7 heteroatoms. The van der Waals surface area contributed by atoms with Crippen LogP contribution in [-0.4, -0.2) is 17.5 Å². The lowest BCUT2D eigenvalue weighted by Gasteiger charge is -2.25. The number of halogens is 2. The minimum absolute atomic E-state index is 0.0109. The van der Waals surface area contributed by atoms with Crippen molar-refractivity contribution in [3.63, 3.8) is 0 Å². The number of fused-ring (bicyclic) bond motifs is 1. The van der Waals surface area contributed by atoms with Gasteiger partial charge in [0, 0.05) is 23.6 Å². The second-order valence-corrected chi connectivity index (χ2v) is 6.85. The molecule has 0 spiro atoms. The summed E-state index contributed by atoms with van der Waals surface area (Å²) in [6.07, 6.45) is 3.78. The van der Waals surface area contributed by atoms with Crippen molar-refractivity contribution in [1.82, 2.24) is 4.98 Å². The molecule has 4 rings (SSSR count). The highest BCUT2D eigenvalue weighted by molar-refractivity contribution is 6.33. The van der Waals surface area contributed by atoms with Crippen LogP contribution >= 0.6 is 11.6 Å². The van der Waals surface area contributed by atoms with Crippen molar-refractivity contribution in [1.29, 1.82) is 0 Å². The van der Waals surface area contributed by atoms with Gasteiger partial charge < -0.3 is 14.5 Å². The van der Waals surface area contributed by atoms with Crippen molar-refractivity contribution >= 4 is 23.2 Å². The molecule has 0 radical (unpaired) electrons. The Hall–Kier alpha value is -2.86. The number of rotatable bonds is 4. The molecule has 1 aliphatic rings. The van der Waals surface area contributed by atoms with Gasteiger partial charge in [0.05, 0.1) is 17.8 Å². The van der Waals surface area contributed by atoms with Crippen molar-refractivity contribution in [2.45, 2.75) is 12.8 Å². The number of nitrogens with one attached hydrogen (secondary N) is 1. The van der Waals surface area contributed by atoms with Gasteiger partial charge in [-0.15, -0.1) is 0 Å². The topological polar surface area (TPSA) is 64.4 Å². The molecule has 138 valence electrons. The molecule has 1 aliphatic heterocycles. The van der Waals surface area contributed by atoms with Gasteiger partial charge in [0.25, 0.3) is 0 Å². The predicted molar refractivity (Wildman–Crippen MR) is 99.3 cm³/mol. The van der Waals surface area contributed by atoms with Crippen LogP contribution in [0.25, 0.3) is 11.3 Å². The fourth-order valence-electron chi connectivity index (χ4n) is 3.17. The Morgan fingerprint density at radius 2 is 2.19 bits per heavy atom. The van der Waals surface area contributed by atoms with Crippen molar-refractivity contribution in [3.05, 3.63) is 65.4 Å². The first-order valence-corrected chi connectivity index (χ1v) is 8.86. The monoisotopic (exact) mass is 386 g/mol. The summed E-state index contributed by atoms with van der Waals surface area (Å²) in [6, 6.07) is 9.64. The largest absolute Gasteiger partial charge is 0.493 e. The number of amides is 1. The minimum atomic E-state index is -0.302. The molecule has 27 heavy (non-hydrogen) atoms. The summed E-state index contributed by atoms with van der Waals surface area (Å²) in [5, 5.41) is 3.29. The van der Waals surface area contributed by atoms with Gasteiger partial charge in [-0.05, 0) is 48.4 Å². The van der Waals surface area contributed by atoms with Gasteiger partial charge in [-0.2, -0.15) is 0 Å². The molecule has 1 aromatic heterocycles. The van der Waals surface area contributed by atoms with Gasteiger partial charge in [0.2, 0.25) is 5.91 Å². The maximum Gasteiger partial charge on any atom is 0.224 e. The number of oxazole rings is 1. The van der Waals surface area contributed by atoms with Crippen molar-refractivity contribution in [2.24, 2.45) is 5.92 Å². The summed E-state index contributed by atoms with van der Waals surface area (Å²) in [5.41, 5.74) is 2.08. The molecular weight excluding hydrogens is 371 g/mol. The van der Waals surface area contributed by atoms with Crippen LogP contribution in [0.5, 0.6) is 5.75 Å². The van der Waals surface area contributed by atoms with E-state index in [2.05, 4.69) is 10.3 Å². The Kier molecular flexibility index (Phi) is 4.81. The molecule has 2 aromatic carbocycles. The quantitative estimate of drug-likeness (QED) is 0.705. The third-order valence-corrected chi connectivity index (χ3v) is 4.74. The Morgan fingerprint density at radius 3 is 2.96 bits per heavy atom. The zero-order valence-corrected chi connectivity index (χ0v) is 15.0. The van der Waals surface area contributed by atoms with Crippen LogP contribution in [0, 0.1) is 11.7 Å². The summed E-state index contributed by atoms with van der Waals surface area (Å²) in [7, 11) is 0. The van der Waals surface area contributed by atoms with Crippen molar-refractivity contribution in [2.75, 3.05) is 11.9 Å². The molecule has 5 nitrogen and oxygen atoms in total. The van der Waals surface area contributed by atoms with Crippen molar-refractivity contribution in [3.8, 4) is 17.1 Å². The molecule has 3 aromatic rings.